The summed E-state index contributed by atoms with van der Waals surface area (Å²) in [6.07, 6.45) is 11.2. The number of aryl methyl sites for hydroxylation is 1. The van der Waals surface area contributed by atoms with Gasteiger partial charge in [0, 0.05) is 42.4 Å². The van der Waals surface area contributed by atoms with Crippen LogP contribution in [0, 0.1) is 11.8 Å². The fourth-order valence-corrected chi connectivity index (χ4v) is 6.44. The van der Waals surface area contributed by atoms with Crippen molar-refractivity contribution in [3.05, 3.63) is 29.9 Å². The molecule has 0 saturated heterocycles. The second kappa shape index (κ2) is 6.43. The van der Waals surface area contributed by atoms with Crippen molar-refractivity contribution in [1.29, 1.82) is 0 Å². The molecule has 4 bridgehead atoms. The molecule has 3 amide bonds. The summed E-state index contributed by atoms with van der Waals surface area (Å²) in [5.74, 6) is 0.973. The minimum Gasteiger partial charge on any atom is -0.345 e. The minimum atomic E-state index is -0.250. The van der Waals surface area contributed by atoms with Crippen LogP contribution >= 0.6 is 0 Å². The van der Waals surface area contributed by atoms with Gasteiger partial charge >= 0.3 is 6.03 Å². The number of hydrogen-bond donors (Lipinski definition) is 2. The van der Waals surface area contributed by atoms with E-state index in [0.717, 1.165) is 37.8 Å². The molecular formula is C21H28N6O2. The Morgan fingerprint density at radius 2 is 1.83 bits per heavy atom. The number of amides is 3. The maximum absolute atomic E-state index is 13.1. The third-order valence-corrected chi connectivity index (χ3v) is 7.06. The van der Waals surface area contributed by atoms with Gasteiger partial charge in [0.15, 0.2) is 0 Å². The lowest BCUT2D eigenvalue weighted by molar-refractivity contribution is -0.0441. The first-order valence-corrected chi connectivity index (χ1v) is 10.5. The van der Waals surface area contributed by atoms with Gasteiger partial charge in [0.2, 0.25) is 0 Å². The summed E-state index contributed by atoms with van der Waals surface area (Å²) in [5.41, 5.74) is 0.816. The normalized spacial score (nSPS) is 34.8. The first kappa shape index (κ1) is 18.4. The second-order valence-electron chi connectivity index (χ2n) is 9.49. The lowest BCUT2D eigenvalue weighted by Gasteiger charge is -2.62. The predicted molar refractivity (Wildman–Crippen MR) is 108 cm³/mol. The van der Waals surface area contributed by atoms with Crippen LogP contribution in [0.3, 0.4) is 0 Å². The van der Waals surface area contributed by atoms with Crippen LogP contribution in [0.1, 0.15) is 55.9 Å². The Bertz CT molecular complexity index is 902. The molecule has 8 heteroatoms. The summed E-state index contributed by atoms with van der Waals surface area (Å²) < 4.78 is 1.65. The van der Waals surface area contributed by atoms with E-state index >= 15 is 0 Å². The van der Waals surface area contributed by atoms with Gasteiger partial charge < -0.3 is 10.6 Å². The number of nitrogens with zero attached hydrogens (tertiary/aromatic N) is 4. The summed E-state index contributed by atoms with van der Waals surface area (Å²) >= 11 is 0. The molecule has 1 aromatic rings. The van der Waals surface area contributed by atoms with Gasteiger partial charge in [-0.15, -0.1) is 0 Å². The highest BCUT2D eigenvalue weighted by atomic mass is 16.2. The molecule has 8 nitrogen and oxygen atoms in total. The number of carbonyl (C=O) groups is 2. The van der Waals surface area contributed by atoms with Gasteiger partial charge in [-0.3, -0.25) is 19.4 Å². The van der Waals surface area contributed by atoms with E-state index in [4.69, 9.17) is 0 Å². The molecule has 1 aliphatic heterocycles. The molecule has 0 aromatic carbocycles. The van der Waals surface area contributed by atoms with Crippen LogP contribution in [0.15, 0.2) is 29.2 Å². The fourth-order valence-electron chi connectivity index (χ4n) is 6.44. The van der Waals surface area contributed by atoms with Crippen LogP contribution in [0.4, 0.5) is 4.79 Å². The first-order chi connectivity index (χ1) is 13.9. The smallest absolute Gasteiger partial charge is 0.322 e. The zero-order valence-corrected chi connectivity index (χ0v) is 17.0. The molecule has 2 heterocycles. The zero-order valence-electron chi connectivity index (χ0n) is 17.0. The van der Waals surface area contributed by atoms with Crippen LogP contribution in [0.2, 0.25) is 0 Å². The van der Waals surface area contributed by atoms with E-state index in [1.807, 2.05) is 14.0 Å². The van der Waals surface area contributed by atoms with Crippen molar-refractivity contribution in [2.75, 3.05) is 6.54 Å². The Morgan fingerprint density at radius 1 is 1.14 bits per heavy atom. The zero-order chi connectivity index (χ0) is 20.2. The predicted octanol–water partition coefficient (Wildman–Crippen LogP) is 2.20. The molecule has 5 aliphatic rings. The highest BCUT2D eigenvalue weighted by Gasteiger charge is 2.59. The van der Waals surface area contributed by atoms with Gasteiger partial charge in [-0.2, -0.15) is 5.10 Å². The molecule has 4 fully saturated rings. The third-order valence-electron chi connectivity index (χ3n) is 7.06. The largest absolute Gasteiger partial charge is 0.345 e. The summed E-state index contributed by atoms with van der Waals surface area (Å²) in [7, 11) is 1.81. The Kier molecular flexibility index (Phi) is 4.08. The number of rotatable bonds is 3. The molecule has 6 rings (SSSR count). The van der Waals surface area contributed by atoms with Crippen molar-refractivity contribution in [2.45, 2.75) is 56.5 Å². The van der Waals surface area contributed by atoms with Crippen molar-refractivity contribution in [2.24, 2.45) is 23.9 Å². The maximum atomic E-state index is 13.1. The molecule has 4 saturated carbocycles. The Hall–Kier alpha value is -2.64. The van der Waals surface area contributed by atoms with Crippen molar-refractivity contribution in [3.8, 4) is 0 Å². The van der Waals surface area contributed by atoms with E-state index in [0.29, 0.717) is 24.1 Å². The number of urea groups is 1. The minimum absolute atomic E-state index is 0.0574. The van der Waals surface area contributed by atoms with Crippen molar-refractivity contribution in [1.82, 2.24) is 25.3 Å². The topological polar surface area (TPSA) is 91.6 Å². The number of aromatic nitrogens is 2. The average Bonchev–Trinajstić information content (AvgIpc) is 3.06. The van der Waals surface area contributed by atoms with Crippen LogP contribution in [0.25, 0.3) is 0 Å². The number of carbonyl (C=O) groups excluding carboxylic acids is 2. The SMILES string of the molecule is CC1=CN=CCN1C(=O)NC12CC3C[C@@H](CC(NC(=O)c4ccn(C)n4)(C3)C1)C2. The van der Waals surface area contributed by atoms with Crippen molar-refractivity contribution < 1.29 is 9.59 Å². The van der Waals surface area contributed by atoms with Crippen LogP contribution < -0.4 is 10.6 Å². The summed E-state index contributed by atoms with van der Waals surface area (Å²) in [5, 5.41) is 11.0. The molecular weight excluding hydrogens is 368 g/mol. The molecule has 0 spiro atoms. The van der Waals surface area contributed by atoms with E-state index < -0.39 is 0 Å². The Morgan fingerprint density at radius 3 is 2.45 bits per heavy atom. The van der Waals surface area contributed by atoms with Crippen LogP contribution in [-0.4, -0.2) is 50.5 Å². The highest BCUT2D eigenvalue weighted by Crippen LogP contribution is 2.57. The number of hydrogen-bond acceptors (Lipinski definition) is 4. The lowest BCUT2D eigenvalue weighted by Crippen LogP contribution is -2.70. The van der Waals surface area contributed by atoms with Gasteiger partial charge in [0.05, 0.1) is 6.54 Å². The highest BCUT2D eigenvalue weighted by molar-refractivity contribution is 5.92. The van der Waals surface area contributed by atoms with Gasteiger partial charge in [-0.05, 0) is 63.4 Å². The standard InChI is InChI=1S/C21H28N6O2/c1-14-12-22-4-6-27(14)19(29)24-21-10-15-7-16(11-21)9-20(8-15,13-21)23-18(28)17-3-5-26(2)25-17/h3-5,12,15-16H,6-11,13H2,1-2H3,(H,23,28)(H,24,29)/t15-,16?,20?,21?/m0/s1. The quantitative estimate of drug-likeness (QED) is 0.820. The molecule has 154 valence electrons. The Balaban J connectivity index is 1.35. The van der Waals surface area contributed by atoms with Crippen LogP contribution in [0.5, 0.6) is 0 Å². The molecule has 3 unspecified atom stereocenters. The van der Waals surface area contributed by atoms with Crippen molar-refractivity contribution >= 4 is 18.2 Å². The molecule has 4 aliphatic carbocycles. The maximum Gasteiger partial charge on any atom is 0.322 e. The molecule has 0 radical (unpaired) electrons. The molecule has 1 aromatic heterocycles. The summed E-state index contributed by atoms with van der Waals surface area (Å²) in [6.45, 7) is 2.41. The monoisotopic (exact) mass is 396 g/mol. The van der Waals surface area contributed by atoms with E-state index in [2.05, 4.69) is 20.7 Å². The number of allylic oxidation sites excluding steroid dienone is 1. The van der Waals surface area contributed by atoms with Crippen molar-refractivity contribution in [3.63, 3.8) is 0 Å². The van der Waals surface area contributed by atoms with Gasteiger partial charge in [0.25, 0.3) is 5.91 Å². The number of aliphatic imine (C=N–C) groups is 1. The first-order valence-electron chi connectivity index (χ1n) is 10.5. The van der Waals surface area contributed by atoms with Gasteiger partial charge in [-0.1, -0.05) is 0 Å². The summed E-state index contributed by atoms with van der Waals surface area (Å²) in [6, 6.07) is 1.69. The van der Waals surface area contributed by atoms with Gasteiger partial charge in [0.1, 0.15) is 5.69 Å². The Labute approximate surface area is 170 Å². The van der Waals surface area contributed by atoms with Gasteiger partial charge in [-0.25, -0.2) is 4.79 Å². The molecule has 4 atom stereocenters. The van der Waals surface area contributed by atoms with Crippen LogP contribution in [-0.2, 0) is 7.05 Å². The number of nitrogens with one attached hydrogen (secondary N) is 2. The van der Waals surface area contributed by atoms with E-state index in [1.165, 1.54) is 6.42 Å². The van der Waals surface area contributed by atoms with E-state index in [-0.39, 0.29) is 23.0 Å². The van der Waals surface area contributed by atoms with E-state index in [9.17, 15) is 9.59 Å². The average molecular weight is 396 g/mol. The second-order valence-corrected chi connectivity index (χ2v) is 9.49. The van der Waals surface area contributed by atoms with E-state index in [1.54, 1.807) is 34.3 Å². The molecule has 2 N–H and O–H groups in total. The summed E-state index contributed by atoms with van der Waals surface area (Å²) in [4.78, 5) is 31.8. The fraction of sp³-hybridized carbons (Fsp3) is 0.619. The lowest BCUT2D eigenvalue weighted by atomic mass is 9.50. The third kappa shape index (κ3) is 3.24. The molecule has 29 heavy (non-hydrogen) atoms.